The molecule has 0 unspecified atom stereocenters. The van der Waals surface area contributed by atoms with Gasteiger partial charge in [0.25, 0.3) is 0 Å². The first kappa shape index (κ1) is 19.4. The van der Waals surface area contributed by atoms with Gasteiger partial charge >= 0.3 is 0 Å². The number of carbonyl (C=O) groups is 1. The average molecular weight is 435 g/mol. The Morgan fingerprint density at radius 2 is 2.03 bits per heavy atom. The highest BCUT2D eigenvalue weighted by atomic mass is 19.1. The molecule has 2 atom stereocenters. The summed E-state index contributed by atoms with van der Waals surface area (Å²) < 4.78 is 23.3. The molecule has 3 aromatic heterocycles. The van der Waals surface area contributed by atoms with Crippen LogP contribution in [0.3, 0.4) is 0 Å². The molecule has 6 rings (SSSR count). The standard InChI is InChI=1S/C22H22FN7O2/c1-13-7-28(20(31)22(13,10-24)15-3-4-15)19-18-16(23)6-25-29(18)9-17(27-19)14-5-26-30(8-14)21(2)11-32-12-21/h5-6,8-9,13,15H,3-4,7,11-12H2,1-2H3/t13-,22+/m1/s1. The lowest BCUT2D eigenvalue weighted by atomic mass is 9.75. The molecule has 164 valence electrons. The van der Waals surface area contributed by atoms with Crippen LogP contribution in [0, 0.1) is 34.4 Å². The van der Waals surface area contributed by atoms with Gasteiger partial charge in [0.05, 0.1) is 43.6 Å². The Hall–Kier alpha value is -3.32. The van der Waals surface area contributed by atoms with Crippen molar-refractivity contribution in [2.45, 2.75) is 32.2 Å². The predicted octanol–water partition coefficient (Wildman–Crippen LogP) is 2.38. The minimum absolute atomic E-state index is 0.0534. The van der Waals surface area contributed by atoms with Crippen LogP contribution < -0.4 is 4.90 Å². The van der Waals surface area contributed by atoms with Gasteiger partial charge in [-0.1, -0.05) is 6.92 Å². The molecule has 0 aromatic carbocycles. The molecule has 3 aliphatic rings. The first-order valence-corrected chi connectivity index (χ1v) is 10.8. The van der Waals surface area contributed by atoms with E-state index in [1.54, 1.807) is 12.4 Å². The van der Waals surface area contributed by atoms with Crippen molar-refractivity contribution < 1.29 is 13.9 Å². The Balaban J connectivity index is 1.47. The van der Waals surface area contributed by atoms with Gasteiger partial charge in [-0.2, -0.15) is 15.5 Å². The molecule has 1 saturated carbocycles. The maximum atomic E-state index is 14.7. The fraction of sp³-hybridized carbons (Fsp3) is 0.500. The molecule has 2 aliphatic heterocycles. The normalized spacial score (nSPS) is 27.0. The molecule has 3 aromatic rings. The second kappa shape index (κ2) is 6.36. The number of hydrogen-bond acceptors (Lipinski definition) is 6. The molecule has 0 N–H and O–H groups in total. The SMILES string of the molecule is C[C@@H]1CN(c2nc(-c3cnn(C4(C)COC4)c3)cn3ncc(F)c23)C(=O)[C@]1(C#N)C1CC1. The zero-order valence-corrected chi connectivity index (χ0v) is 17.8. The largest absolute Gasteiger partial charge is 0.376 e. The smallest absolute Gasteiger partial charge is 0.249 e. The van der Waals surface area contributed by atoms with E-state index in [2.05, 4.69) is 23.2 Å². The molecule has 10 heteroatoms. The molecule has 0 radical (unpaired) electrons. The van der Waals surface area contributed by atoms with E-state index in [9.17, 15) is 14.4 Å². The second-order valence-corrected chi connectivity index (χ2v) is 9.47. The number of amides is 1. The van der Waals surface area contributed by atoms with Crippen molar-refractivity contribution in [3.05, 3.63) is 30.6 Å². The van der Waals surface area contributed by atoms with Gasteiger partial charge in [0.15, 0.2) is 11.6 Å². The maximum absolute atomic E-state index is 14.7. The number of fused-ring (bicyclic) bond motifs is 1. The van der Waals surface area contributed by atoms with E-state index < -0.39 is 11.2 Å². The van der Waals surface area contributed by atoms with Crippen LogP contribution in [0.4, 0.5) is 10.2 Å². The third kappa shape index (κ3) is 2.45. The molecular weight excluding hydrogens is 413 g/mol. The first-order chi connectivity index (χ1) is 15.4. The van der Waals surface area contributed by atoms with Crippen molar-refractivity contribution in [1.82, 2.24) is 24.4 Å². The van der Waals surface area contributed by atoms with Gasteiger partial charge in [-0.15, -0.1) is 0 Å². The molecule has 2 saturated heterocycles. The van der Waals surface area contributed by atoms with Gasteiger partial charge in [-0.05, 0) is 25.7 Å². The number of aromatic nitrogens is 5. The highest BCUT2D eigenvalue weighted by Crippen LogP contribution is 2.54. The Kier molecular flexibility index (Phi) is 3.85. The van der Waals surface area contributed by atoms with E-state index in [0.717, 1.165) is 24.6 Å². The Bertz CT molecular complexity index is 1300. The van der Waals surface area contributed by atoms with Gasteiger partial charge in [0, 0.05) is 24.2 Å². The first-order valence-electron chi connectivity index (χ1n) is 10.8. The lowest BCUT2D eigenvalue weighted by Crippen LogP contribution is -2.49. The number of nitriles is 1. The molecule has 0 bridgehead atoms. The van der Waals surface area contributed by atoms with E-state index in [1.165, 1.54) is 9.42 Å². The van der Waals surface area contributed by atoms with Crippen molar-refractivity contribution in [3.8, 4) is 17.3 Å². The summed E-state index contributed by atoms with van der Waals surface area (Å²) in [6.45, 7) is 5.44. The summed E-state index contributed by atoms with van der Waals surface area (Å²) in [6.07, 6.45) is 8.04. The van der Waals surface area contributed by atoms with Crippen LogP contribution in [-0.2, 0) is 15.1 Å². The van der Waals surface area contributed by atoms with Crippen molar-refractivity contribution >= 4 is 17.2 Å². The predicted molar refractivity (Wildman–Crippen MR) is 111 cm³/mol. The lowest BCUT2D eigenvalue weighted by Gasteiger charge is -2.38. The van der Waals surface area contributed by atoms with E-state index in [0.29, 0.717) is 25.5 Å². The molecule has 3 fully saturated rings. The number of hydrogen-bond donors (Lipinski definition) is 0. The van der Waals surface area contributed by atoms with Gasteiger partial charge in [0.2, 0.25) is 5.91 Å². The topological polar surface area (TPSA) is 101 Å². The summed E-state index contributed by atoms with van der Waals surface area (Å²) in [5.74, 6) is -0.784. The van der Waals surface area contributed by atoms with E-state index in [1.807, 2.05) is 17.8 Å². The minimum Gasteiger partial charge on any atom is -0.376 e. The van der Waals surface area contributed by atoms with Crippen LogP contribution in [0.1, 0.15) is 26.7 Å². The van der Waals surface area contributed by atoms with E-state index in [4.69, 9.17) is 9.72 Å². The van der Waals surface area contributed by atoms with Crippen LogP contribution in [0.15, 0.2) is 24.8 Å². The molecule has 32 heavy (non-hydrogen) atoms. The number of halogens is 1. The molecule has 9 nitrogen and oxygen atoms in total. The van der Waals surface area contributed by atoms with E-state index >= 15 is 0 Å². The molecular formula is C22H22FN7O2. The van der Waals surface area contributed by atoms with Crippen LogP contribution in [0.5, 0.6) is 0 Å². The summed E-state index contributed by atoms with van der Waals surface area (Å²) in [7, 11) is 0. The van der Waals surface area contributed by atoms with Gasteiger partial charge in [0.1, 0.15) is 16.5 Å². The van der Waals surface area contributed by atoms with Crippen LogP contribution in [0.2, 0.25) is 0 Å². The third-order valence-corrected chi connectivity index (χ3v) is 7.19. The number of ether oxygens (including phenoxy) is 1. The van der Waals surface area contributed by atoms with Gasteiger partial charge in [-0.25, -0.2) is 13.9 Å². The summed E-state index contributed by atoms with van der Waals surface area (Å²) >= 11 is 0. The fourth-order valence-electron chi connectivity index (χ4n) is 5.05. The Labute approximate surface area is 183 Å². The van der Waals surface area contributed by atoms with Crippen molar-refractivity contribution in [1.29, 1.82) is 5.26 Å². The number of carbonyl (C=O) groups excluding carboxylic acids is 1. The number of nitrogens with zero attached hydrogens (tertiary/aromatic N) is 7. The van der Waals surface area contributed by atoms with Crippen LogP contribution in [0.25, 0.3) is 16.8 Å². The van der Waals surface area contributed by atoms with Gasteiger partial charge in [-0.3, -0.25) is 14.4 Å². The number of anilines is 1. The van der Waals surface area contributed by atoms with Gasteiger partial charge < -0.3 is 4.74 Å². The third-order valence-electron chi connectivity index (χ3n) is 7.19. The number of rotatable bonds is 4. The average Bonchev–Trinajstić information content (AvgIpc) is 3.26. The molecule has 5 heterocycles. The lowest BCUT2D eigenvalue weighted by molar-refractivity contribution is -0.124. The summed E-state index contributed by atoms with van der Waals surface area (Å²) in [5.41, 5.74) is 0.0951. The minimum atomic E-state index is -1.07. The molecule has 0 spiro atoms. The zero-order chi connectivity index (χ0) is 22.3. The Morgan fingerprint density at radius 1 is 1.25 bits per heavy atom. The summed E-state index contributed by atoms with van der Waals surface area (Å²) in [4.78, 5) is 19.7. The zero-order valence-electron chi connectivity index (χ0n) is 17.8. The summed E-state index contributed by atoms with van der Waals surface area (Å²) in [5, 5.41) is 18.6. The van der Waals surface area contributed by atoms with E-state index in [-0.39, 0.29) is 34.6 Å². The van der Waals surface area contributed by atoms with Crippen LogP contribution >= 0.6 is 0 Å². The van der Waals surface area contributed by atoms with Crippen molar-refractivity contribution in [3.63, 3.8) is 0 Å². The highest BCUT2D eigenvalue weighted by Gasteiger charge is 2.61. The quantitative estimate of drug-likeness (QED) is 0.624. The maximum Gasteiger partial charge on any atom is 0.249 e. The monoisotopic (exact) mass is 435 g/mol. The molecule has 1 aliphatic carbocycles. The molecule has 1 amide bonds. The van der Waals surface area contributed by atoms with Crippen molar-refractivity contribution in [2.75, 3.05) is 24.7 Å². The second-order valence-electron chi connectivity index (χ2n) is 9.47. The Morgan fingerprint density at radius 3 is 2.69 bits per heavy atom. The summed E-state index contributed by atoms with van der Waals surface area (Å²) in [6, 6.07) is 2.31. The fourth-order valence-corrected chi connectivity index (χ4v) is 5.05. The van der Waals surface area contributed by atoms with Crippen LogP contribution in [-0.4, -0.2) is 50.0 Å². The van der Waals surface area contributed by atoms with Crippen molar-refractivity contribution in [2.24, 2.45) is 17.3 Å². The highest BCUT2D eigenvalue weighted by molar-refractivity contribution is 6.04.